The number of imidazole rings is 1. The van der Waals surface area contributed by atoms with E-state index in [4.69, 9.17) is 0 Å². The van der Waals surface area contributed by atoms with Gasteiger partial charge in [-0.15, -0.1) is 0 Å². The molecule has 3 aromatic rings. The van der Waals surface area contributed by atoms with Gasteiger partial charge in [0.2, 0.25) is 0 Å². The Kier molecular flexibility index (Phi) is 4.79. The molecule has 1 unspecified atom stereocenters. The van der Waals surface area contributed by atoms with Crippen LogP contribution in [0.1, 0.15) is 37.7 Å². The summed E-state index contributed by atoms with van der Waals surface area (Å²) in [7, 11) is 0. The van der Waals surface area contributed by atoms with Crippen LogP contribution < -0.4 is 10.6 Å². The van der Waals surface area contributed by atoms with Gasteiger partial charge < -0.3 is 15.6 Å². The zero-order chi connectivity index (χ0) is 16.9. The SMILES string of the molecule is CCCc1ccc(NC(=O)NC(C)c2nc3ccccc3[nH]2)cc1. The van der Waals surface area contributed by atoms with Crippen molar-refractivity contribution in [1.29, 1.82) is 0 Å². The molecular formula is C19H22N4O. The smallest absolute Gasteiger partial charge is 0.319 e. The molecule has 0 aliphatic carbocycles. The number of hydrogen-bond acceptors (Lipinski definition) is 2. The van der Waals surface area contributed by atoms with Crippen LogP contribution in [0.15, 0.2) is 48.5 Å². The van der Waals surface area contributed by atoms with Gasteiger partial charge >= 0.3 is 6.03 Å². The third-order valence-electron chi connectivity index (χ3n) is 3.92. The van der Waals surface area contributed by atoms with Crippen molar-refractivity contribution in [3.63, 3.8) is 0 Å². The molecule has 1 heterocycles. The number of amides is 2. The van der Waals surface area contributed by atoms with Crippen LogP contribution in [-0.4, -0.2) is 16.0 Å². The number of carbonyl (C=O) groups excluding carboxylic acids is 1. The highest BCUT2D eigenvalue weighted by atomic mass is 16.2. The number of fused-ring (bicyclic) bond motifs is 1. The van der Waals surface area contributed by atoms with Crippen molar-refractivity contribution >= 4 is 22.8 Å². The Morgan fingerprint density at radius 3 is 2.62 bits per heavy atom. The van der Waals surface area contributed by atoms with E-state index >= 15 is 0 Å². The predicted octanol–water partition coefficient (Wildman–Crippen LogP) is 4.40. The highest BCUT2D eigenvalue weighted by Crippen LogP contribution is 2.16. The number of aromatic amines is 1. The van der Waals surface area contributed by atoms with Crippen LogP contribution in [0.25, 0.3) is 11.0 Å². The minimum absolute atomic E-state index is 0.211. The molecule has 0 saturated heterocycles. The topological polar surface area (TPSA) is 69.8 Å². The standard InChI is InChI=1S/C19H22N4O/c1-3-6-14-9-11-15(12-10-14)21-19(24)20-13(2)18-22-16-7-4-5-8-17(16)23-18/h4-5,7-13H,3,6H2,1-2H3,(H,22,23)(H2,20,21,24). The average Bonchev–Trinajstić information content (AvgIpc) is 3.01. The maximum atomic E-state index is 12.2. The maximum Gasteiger partial charge on any atom is 0.319 e. The largest absolute Gasteiger partial charge is 0.340 e. The fourth-order valence-corrected chi connectivity index (χ4v) is 2.65. The molecule has 0 spiro atoms. The van der Waals surface area contributed by atoms with Crippen LogP contribution in [0.3, 0.4) is 0 Å². The van der Waals surface area contributed by atoms with Crippen molar-refractivity contribution in [2.45, 2.75) is 32.7 Å². The summed E-state index contributed by atoms with van der Waals surface area (Å²) in [5.74, 6) is 0.740. The van der Waals surface area contributed by atoms with Crippen molar-refractivity contribution in [2.24, 2.45) is 0 Å². The average molecular weight is 322 g/mol. The first-order valence-electron chi connectivity index (χ1n) is 8.27. The van der Waals surface area contributed by atoms with E-state index in [0.717, 1.165) is 35.4 Å². The number of carbonyl (C=O) groups is 1. The normalized spacial score (nSPS) is 12.1. The lowest BCUT2D eigenvalue weighted by Gasteiger charge is -2.13. The molecule has 124 valence electrons. The van der Waals surface area contributed by atoms with Crippen molar-refractivity contribution in [2.75, 3.05) is 5.32 Å². The van der Waals surface area contributed by atoms with Gasteiger partial charge in [-0.1, -0.05) is 37.6 Å². The zero-order valence-corrected chi connectivity index (χ0v) is 14.0. The number of aromatic nitrogens is 2. The van der Waals surface area contributed by atoms with Crippen molar-refractivity contribution < 1.29 is 4.79 Å². The van der Waals surface area contributed by atoms with E-state index in [9.17, 15) is 4.79 Å². The first-order valence-corrected chi connectivity index (χ1v) is 8.27. The molecule has 0 fully saturated rings. The summed E-state index contributed by atoms with van der Waals surface area (Å²) in [4.78, 5) is 19.9. The summed E-state index contributed by atoms with van der Waals surface area (Å²) in [6.07, 6.45) is 2.16. The molecule has 3 rings (SSSR count). The van der Waals surface area contributed by atoms with E-state index in [-0.39, 0.29) is 12.1 Å². The molecule has 5 heteroatoms. The number of rotatable bonds is 5. The Hall–Kier alpha value is -2.82. The molecule has 2 amide bonds. The third-order valence-corrected chi connectivity index (χ3v) is 3.92. The minimum atomic E-state index is -0.244. The van der Waals surface area contributed by atoms with Gasteiger partial charge in [0.25, 0.3) is 0 Å². The van der Waals surface area contributed by atoms with Gasteiger partial charge in [-0.25, -0.2) is 9.78 Å². The van der Waals surface area contributed by atoms with Gasteiger partial charge in [0.15, 0.2) is 0 Å². The number of nitrogens with one attached hydrogen (secondary N) is 3. The summed E-state index contributed by atoms with van der Waals surface area (Å²) in [5.41, 5.74) is 3.92. The number of aryl methyl sites for hydroxylation is 1. The van der Waals surface area contributed by atoms with Crippen molar-refractivity contribution in [3.8, 4) is 0 Å². The lowest BCUT2D eigenvalue weighted by atomic mass is 10.1. The summed E-state index contributed by atoms with van der Waals surface area (Å²) < 4.78 is 0. The van der Waals surface area contributed by atoms with Gasteiger partial charge in [0, 0.05) is 5.69 Å². The van der Waals surface area contributed by atoms with E-state index in [0.29, 0.717) is 0 Å². The van der Waals surface area contributed by atoms with Gasteiger partial charge in [-0.2, -0.15) is 0 Å². The fourth-order valence-electron chi connectivity index (χ4n) is 2.65. The van der Waals surface area contributed by atoms with Crippen molar-refractivity contribution in [3.05, 3.63) is 59.9 Å². The Balaban J connectivity index is 1.61. The number of H-pyrrole nitrogens is 1. The quantitative estimate of drug-likeness (QED) is 0.651. The van der Waals surface area contributed by atoms with E-state index < -0.39 is 0 Å². The third kappa shape index (κ3) is 3.74. The lowest BCUT2D eigenvalue weighted by molar-refractivity contribution is 0.249. The van der Waals surface area contributed by atoms with Crippen LogP contribution in [-0.2, 0) is 6.42 Å². The molecule has 3 N–H and O–H groups in total. The van der Waals surface area contributed by atoms with E-state index in [1.54, 1.807) is 0 Å². The van der Waals surface area contributed by atoms with Crippen LogP contribution in [0.2, 0.25) is 0 Å². The molecule has 24 heavy (non-hydrogen) atoms. The van der Waals surface area contributed by atoms with Crippen LogP contribution in [0, 0.1) is 0 Å². The molecule has 1 atom stereocenters. The first-order chi connectivity index (χ1) is 11.7. The summed E-state index contributed by atoms with van der Waals surface area (Å²) in [6, 6.07) is 15.3. The monoisotopic (exact) mass is 322 g/mol. The molecule has 1 aromatic heterocycles. The van der Waals surface area contributed by atoms with Gasteiger partial charge in [-0.05, 0) is 43.2 Å². The Labute approximate surface area is 141 Å². The summed E-state index contributed by atoms with van der Waals surface area (Å²) in [5, 5.41) is 5.76. The maximum absolute atomic E-state index is 12.2. The second-order valence-corrected chi connectivity index (χ2v) is 5.91. The summed E-state index contributed by atoms with van der Waals surface area (Å²) in [6.45, 7) is 4.06. The molecule has 5 nitrogen and oxygen atoms in total. The van der Waals surface area contributed by atoms with E-state index in [1.807, 2.05) is 55.5 Å². The fraction of sp³-hybridized carbons (Fsp3) is 0.263. The molecule has 2 aromatic carbocycles. The Morgan fingerprint density at radius 2 is 1.92 bits per heavy atom. The highest BCUT2D eigenvalue weighted by molar-refractivity contribution is 5.89. The molecule has 0 aliphatic rings. The molecule has 0 saturated carbocycles. The molecule has 0 aliphatic heterocycles. The van der Waals surface area contributed by atoms with Crippen molar-refractivity contribution in [1.82, 2.24) is 15.3 Å². The molecular weight excluding hydrogens is 300 g/mol. The highest BCUT2D eigenvalue weighted by Gasteiger charge is 2.13. The number of hydrogen-bond donors (Lipinski definition) is 3. The lowest BCUT2D eigenvalue weighted by Crippen LogP contribution is -2.31. The second kappa shape index (κ2) is 7.17. The van der Waals surface area contributed by atoms with Gasteiger partial charge in [0.05, 0.1) is 17.1 Å². The van der Waals surface area contributed by atoms with Crippen LogP contribution in [0.4, 0.5) is 10.5 Å². The Bertz CT molecular complexity index is 790. The van der Waals surface area contributed by atoms with Crippen LogP contribution in [0.5, 0.6) is 0 Å². The summed E-state index contributed by atoms with van der Waals surface area (Å²) >= 11 is 0. The molecule has 0 bridgehead atoms. The van der Waals surface area contributed by atoms with Gasteiger partial charge in [0.1, 0.15) is 5.82 Å². The number of para-hydroxylation sites is 2. The van der Waals surface area contributed by atoms with E-state index in [2.05, 4.69) is 27.5 Å². The zero-order valence-electron chi connectivity index (χ0n) is 14.0. The Morgan fingerprint density at radius 1 is 1.17 bits per heavy atom. The number of anilines is 1. The van der Waals surface area contributed by atoms with Gasteiger partial charge in [-0.3, -0.25) is 0 Å². The first kappa shape index (κ1) is 16.1. The number of urea groups is 1. The number of benzene rings is 2. The van der Waals surface area contributed by atoms with E-state index in [1.165, 1.54) is 5.56 Å². The number of nitrogens with zero attached hydrogens (tertiary/aromatic N) is 1. The molecule has 0 radical (unpaired) electrons. The predicted molar refractivity (Wildman–Crippen MR) is 97.1 cm³/mol. The minimum Gasteiger partial charge on any atom is -0.340 e. The van der Waals surface area contributed by atoms with Crippen LogP contribution >= 0.6 is 0 Å². The second-order valence-electron chi connectivity index (χ2n) is 5.91.